The minimum Gasteiger partial charge on any atom is -0.391 e. The lowest BCUT2D eigenvalue weighted by molar-refractivity contribution is 0.182. The Kier molecular flexibility index (Phi) is 3.84. The molecule has 0 saturated heterocycles. The fourth-order valence-corrected chi connectivity index (χ4v) is 0.667. The van der Waals surface area contributed by atoms with Crippen molar-refractivity contribution in [3.05, 3.63) is 0 Å². The van der Waals surface area contributed by atoms with E-state index in [1.54, 1.807) is 0 Å². The number of aliphatic hydroxyl groups is 1. The number of halogens is 1. The highest BCUT2D eigenvalue weighted by Crippen LogP contribution is 2.06. The molecule has 0 bridgehead atoms. The first kappa shape index (κ1) is 7.93. The van der Waals surface area contributed by atoms with Crippen molar-refractivity contribution in [3.63, 3.8) is 0 Å². The molecule has 0 fully saturated rings. The van der Waals surface area contributed by atoms with Gasteiger partial charge in [0.05, 0.1) is 12.2 Å². The molecule has 0 aliphatic heterocycles. The molecule has 46 valence electrons. The number of rotatable bonds is 2. The minimum atomic E-state index is -0.528. The van der Waals surface area contributed by atoms with Crippen LogP contribution in [0.3, 0.4) is 0 Å². The average Bonchev–Trinajstić information content (AvgIpc) is 1.84. The lowest BCUT2D eigenvalue weighted by Gasteiger charge is -2.05. The van der Waals surface area contributed by atoms with E-state index in [0.29, 0.717) is 6.42 Å². The Balaban J connectivity index is 3.49. The van der Waals surface area contributed by atoms with Crippen molar-refractivity contribution in [2.24, 2.45) is 0 Å². The second-order valence-corrected chi connectivity index (χ2v) is 2.49. The maximum Gasteiger partial charge on any atom is 0.127 e. The molecule has 0 aliphatic rings. The molecular weight excluding hydrogens is 170 g/mol. The van der Waals surface area contributed by atoms with Crippen LogP contribution in [0.15, 0.2) is 0 Å². The molecule has 0 spiro atoms. The third-order valence-corrected chi connectivity index (χ3v) is 1.69. The van der Waals surface area contributed by atoms with E-state index in [-0.39, 0.29) is 0 Å². The second-order valence-electron chi connectivity index (χ2n) is 1.51. The Labute approximate surface area is 57.3 Å². The highest BCUT2D eigenvalue weighted by Gasteiger charge is 2.10. The van der Waals surface area contributed by atoms with Gasteiger partial charge in [-0.1, -0.05) is 22.9 Å². The quantitative estimate of drug-likeness (QED) is 0.642. The average molecular weight is 178 g/mol. The van der Waals surface area contributed by atoms with E-state index in [2.05, 4.69) is 15.9 Å². The van der Waals surface area contributed by atoms with Crippen molar-refractivity contribution in [2.45, 2.75) is 24.3 Å². The summed E-state index contributed by atoms with van der Waals surface area (Å²) in [5.41, 5.74) is 0. The zero-order chi connectivity index (χ0) is 6.57. The largest absolute Gasteiger partial charge is 0.391 e. The van der Waals surface area contributed by atoms with Crippen molar-refractivity contribution in [3.8, 4) is 6.07 Å². The van der Waals surface area contributed by atoms with Crippen LogP contribution in [0.5, 0.6) is 0 Å². The van der Waals surface area contributed by atoms with E-state index in [0.717, 1.165) is 0 Å². The first-order valence-corrected chi connectivity index (χ1v) is 3.35. The van der Waals surface area contributed by atoms with Crippen LogP contribution in [0, 0.1) is 11.3 Å². The van der Waals surface area contributed by atoms with E-state index in [9.17, 15) is 0 Å². The molecule has 0 rings (SSSR count). The molecule has 0 saturated carbocycles. The molecule has 3 heteroatoms. The molecule has 2 unspecified atom stereocenters. The third kappa shape index (κ3) is 2.29. The number of nitrogens with zero attached hydrogens (tertiary/aromatic N) is 1. The normalized spacial score (nSPS) is 16.8. The van der Waals surface area contributed by atoms with Gasteiger partial charge in [-0.25, -0.2) is 0 Å². The number of aliphatic hydroxyl groups excluding tert-OH is 1. The van der Waals surface area contributed by atoms with Crippen LogP contribution in [0.1, 0.15) is 13.3 Å². The highest BCUT2D eigenvalue weighted by atomic mass is 79.9. The summed E-state index contributed by atoms with van der Waals surface area (Å²) in [5, 5.41) is 17.0. The molecule has 0 aromatic rings. The Morgan fingerprint density at radius 2 is 2.38 bits per heavy atom. The Bertz CT molecular complexity index is 99.1. The molecule has 2 atom stereocenters. The molecule has 0 radical (unpaired) electrons. The molecular formula is C5H8BrNO. The Morgan fingerprint density at radius 3 is 2.50 bits per heavy atom. The minimum absolute atomic E-state index is 0.410. The van der Waals surface area contributed by atoms with Gasteiger partial charge in [0.15, 0.2) is 0 Å². The first-order valence-electron chi connectivity index (χ1n) is 2.44. The Morgan fingerprint density at radius 1 is 1.88 bits per heavy atom. The zero-order valence-corrected chi connectivity index (χ0v) is 6.22. The first-order chi connectivity index (χ1) is 3.72. The molecule has 0 aromatic carbocycles. The summed E-state index contributed by atoms with van der Waals surface area (Å²) in [6, 6.07) is 1.88. The van der Waals surface area contributed by atoms with Crippen LogP contribution in [0.2, 0.25) is 0 Å². The fourth-order valence-electron chi connectivity index (χ4n) is 0.293. The summed E-state index contributed by atoms with van der Waals surface area (Å²) in [5.74, 6) is 0. The van der Waals surface area contributed by atoms with Gasteiger partial charge in [0.2, 0.25) is 0 Å². The van der Waals surface area contributed by atoms with E-state index < -0.39 is 10.9 Å². The van der Waals surface area contributed by atoms with Gasteiger partial charge in [-0.2, -0.15) is 5.26 Å². The summed E-state index contributed by atoms with van der Waals surface area (Å²) in [4.78, 5) is -0.410. The molecule has 0 amide bonds. The lowest BCUT2D eigenvalue weighted by atomic mass is 10.2. The topological polar surface area (TPSA) is 44.0 Å². The number of hydrogen-bond acceptors (Lipinski definition) is 2. The third-order valence-electron chi connectivity index (χ3n) is 0.879. The number of hydrogen-bond donors (Lipinski definition) is 1. The van der Waals surface area contributed by atoms with E-state index >= 15 is 0 Å². The van der Waals surface area contributed by atoms with Gasteiger partial charge in [0, 0.05) is 0 Å². The zero-order valence-electron chi connectivity index (χ0n) is 4.63. The molecule has 1 N–H and O–H groups in total. The summed E-state index contributed by atoms with van der Waals surface area (Å²) in [7, 11) is 0. The predicted molar refractivity (Wildman–Crippen MR) is 34.6 cm³/mol. The van der Waals surface area contributed by atoms with Gasteiger partial charge in [0.1, 0.15) is 4.83 Å². The smallest absolute Gasteiger partial charge is 0.127 e. The summed E-state index contributed by atoms with van der Waals surface area (Å²) < 4.78 is 0. The monoisotopic (exact) mass is 177 g/mol. The molecule has 0 aliphatic carbocycles. The van der Waals surface area contributed by atoms with E-state index in [1.807, 2.05) is 13.0 Å². The van der Waals surface area contributed by atoms with Crippen molar-refractivity contribution < 1.29 is 5.11 Å². The highest BCUT2D eigenvalue weighted by molar-refractivity contribution is 9.09. The van der Waals surface area contributed by atoms with E-state index in [1.165, 1.54) is 0 Å². The van der Waals surface area contributed by atoms with Crippen LogP contribution in [0.4, 0.5) is 0 Å². The fraction of sp³-hybridized carbons (Fsp3) is 0.800. The molecule has 2 nitrogen and oxygen atoms in total. The van der Waals surface area contributed by atoms with E-state index in [4.69, 9.17) is 10.4 Å². The molecule has 0 heterocycles. The number of nitriles is 1. The molecule has 8 heavy (non-hydrogen) atoms. The summed E-state index contributed by atoms with van der Waals surface area (Å²) >= 11 is 2.99. The van der Waals surface area contributed by atoms with Crippen molar-refractivity contribution in [2.75, 3.05) is 0 Å². The van der Waals surface area contributed by atoms with Gasteiger partial charge in [-0.3, -0.25) is 0 Å². The van der Waals surface area contributed by atoms with Crippen LogP contribution < -0.4 is 0 Å². The summed E-state index contributed by atoms with van der Waals surface area (Å²) in [6.45, 7) is 1.83. The van der Waals surface area contributed by atoms with Gasteiger partial charge in [-0.15, -0.1) is 0 Å². The van der Waals surface area contributed by atoms with Crippen LogP contribution >= 0.6 is 15.9 Å². The molecule has 0 aromatic heterocycles. The Hall–Kier alpha value is -0.0700. The van der Waals surface area contributed by atoms with Gasteiger partial charge < -0.3 is 5.11 Å². The summed E-state index contributed by atoms with van der Waals surface area (Å²) in [6.07, 6.45) is 0.0868. The standard InChI is InChI=1S/C5H8BrNO/c1-2-5(8)4(6)3-7/h4-5,8H,2H2,1H3. The van der Waals surface area contributed by atoms with Crippen LogP contribution in [-0.4, -0.2) is 16.0 Å². The SMILES string of the molecule is CCC(O)C(Br)C#N. The number of alkyl halides is 1. The second kappa shape index (κ2) is 3.88. The van der Waals surface area contributed by atoms with Gasteiger partial charge in [0.25, 0.3) is 0 Å². The lowest BCUT2D eigenvalue weighted by Crippen LogP contribution is -2.16. The predicted octanol–water partition coefficient (Wildman–Crippen LogP) is 1.04. The van der Waals surface area contributed by atoms with Crippen LogP contribution in [0.25, 0.3) is 0 Å². The van der Waals surface area contributed by atoms with Gasteiger partial charge >= 0.3 is 0 Å². The van der Waals surface area contributed by atoms with Gasteiger partial charge in [-0.05, 0) is 6.42 Å². The maximum atomic E-state index is 8.86. The van der Waals surface area contributed by atoms with Crippen molar-refractivity contribution in [1.82, 2.24) is 0 Å². The van der Waals surface area contributed by atoms with Crippen LogP contribution in [-0.2, 0) is 0 Å². The van der Waals surface area contributed by atoms with Crippen molar-refractivity contribution >= 4 is 15.9 Å². The van der Waals surface area contributed by atoms with Crippen molar-refractivity contribution in [1.29, 1.82) is 5.26 Å². The maximum absolute atomic E-state index is 8.86.